The number of nitrogens with zero attached hydrogens (tertiary/aromatic N) is 1. The van der Waals surface area contributed by atoms with Gasteiger partial charge < -0.3 is 0 Å². The van der Waals surface area contributed by atoms with Crippen LogP contribution < -0.4 is 0 Å². The van der Waals surface area contributed by atoms with Crippen molar-refractivity contribution in [1.29, 1.82) is 0 Å². The summed E-state index contributed by atoms with van der Waals surface area (Å²) in [7, 11) is 1.68. The maximum absolute atomic E-state index is 12.6. The highest BCUT2D eigenvalue weighted by Gasteiger charge is 2.32. The SMILES string of the molecule is Cn1[nH]c(-c2c(Cl)cc(C(F)(F)F)cc2Cl)cc1=S. The third-order valence-electron chi connectivity index (χ3n) is 2.53. The number of rotatable bonds is 1. The van der Waals surface area contributed by atoms with Crippen LogP contribution >= 0.6 is 35.4 Å². The van der Waals surface area contributed by atoms with Crippen molar-refractivity contribution in [3.63, 3.8) is 0 Å². The molecule has 1 N–H and O–H groups in total. The Hall–Kier alpha value is -0.980. The molecule has 0 unspecified atom stereocenters. The summed E-state index contributed by atoms with van der Waals surface area (Å²) in [5, 5.41) is 2.69. The Morgan fingerprint density at radius 3 is 2.05 bits per heavy atom. The van der Waals surface area contributed by atoms with Crippen molar-refractivity contribution < 1.29 is 13.2 Å². The van der Waals surface area contributed by atoms with Gasteiger partial charge in [-0.1, -0.05) is 35.4 Å². The van der Waals surface area contributed by atoms with Gasteiger partial charge in [-0.15, -0.1) is 0 Å². The zero-order valence-electron chi connectivity index (χ0n) is 9.48. The normalized spacial score (nSPS) is 11.9. The molecule has 2 rings (SSSR count). The Morgan fingerprint density at radius 2 is 1.68 bits per heavy atom. The van der Waals surface area contributed by atoms with Gasteiger partial charge in [0, 0.05) is 18.7 Å². The average molecular weight is 327 g/mol. The lowest BCUT2D eigenvalue weighted by molar-refractivity contribution is -0.137. The van der Waals surface area contributed by atoms with Crippen LogP contribution in [-0.2, 0) is 13.2 Å². The molecule has 102 valence electrons. The second kappa shape index (κ2) is 4.85. The van der Waals surface area contributed by atoms with E-state index in [-0.39, 0.29) is 10.0 Å². The highest BCUT2D eigenvalue weighted by Crippen LogP contribution is 2.39. The van der Waals surface area contributed by atoms with Crippen LogP contribution in [0.15, 0.2) is 18.2 Å². The number of nitrogens with one attached hydrogen (secondary N) is 1. The van der Waals surface area contributed by atoms with E-state index in [1.807, 2.05) is 0 Å². The molecule has 1 heterocycles. The summed E-state index contributed by atoms with van der Waals surface area (Å²) in [6.07, 6.45) is -4.49. The quantitative estimate of drug-likeness (QED) is 0.725. The second-order valence-electron chi connectivity index (χ2n) is 3.88. The average Bonchev–Trinajstić information content (AvgIpc) is 2.56. The summed E-state index contributed by atoms with van der Waals surface area (Å²) in [6.45, 7) is 0. The molecule has 1 aromatic carbocycles. The smallest absolute Gasteiger partial charge is 0.297 e. The van der Waals surface area contributed by atoms with Crippen LogP contribution in [0, 0.1) is 4.64 Å². The standard InChI is InChI=1S/C11H7Cl2F3N2S/c1-18-9(19)4-8(17-18)10-6(12)2-5(3-7(10)13)11(14,15)16/h2-4,17H,1H3. The van der Waals surface area contributed by atoms with Gasteiger partial charge in [0.05, 0.1) is 21.3 Å². The summed E-state index contributed by atoms with van der Waals surface area (Å²) in [6, 6.07) is 3.26. The number of H-pyrrole nitrogens is 1. The number of halogens is 5. The summed E-state index contributed by atoms with van der Waals surface area (Å²) < 4.78 is 39.8. The summed E-state index contributed by atoms with van der Waals surface area (Å²) in [4.78, 5) is 0. The predicted octanol–water partition coefficient (Wildman–Crippen LogP) is 5.08. The first-order chi connectivity index (χ1) is 8.70. The summed E-state index contributed by atoms with van der Waals surface area (Å²) in [5.74, 6) is 0. The van der Waals surface area contributed by atoms with Crippen LogP contribution in [0.5, 0.6) is 0 Å². The molecule has 0 saturated heterocycles. The van der Waals surface area contributed by atoms with Crippen LogP contribution in [-0.4, -0.2) is 9.78 Å². The van der Waals surface area contributed by atoms with Crippen LogP contribution in [0.2, 0.25) is 10.0 Å². The van der Waals surface area contributed by atoms with Gasteiger partial charge in [0.15, 0.2) is 0 Å². The van der Waals surface area contributed by atoms with Gasteiger partial charge in [-0.3, -0.25) is 9.78 Å². The maximum atomic E-state index is 12.6. The molecule has 19 heavy (non-hydrogen) atoms. The van der Waals surface area contributed by atoms with E-state index in [1.54, 1.807) is 13.1 Å². The molecule has 1 aromatic heterocycles. The number of aryl methyl sites for hydroxylation is 1. The van der Waals surface area contributed by atoms with Crippen molar-refractivity contribution in [1.82, 2.24) is 9.78 Å². The molecule has 2 nitrogen and oxygen atoms in total. The van der Waals surface area contributed by atoms with E-state index in [1.165, 1.54) is 4.68 Å². The molecule has 8 heteroatoms. The molecule has 2 aromatic rings. The number of benzene rings is 1. The maximum Gasteiger partial charge on any atom is 0.416 e. The van der Waals surface area contributed by atoms with Gasteiger partial charge in [0.1, 0.15) is 4.64 Å². The molecular formula is C11H7Cl2F3N2S. The number of aromatic amines is 1. The van der Waals surface area contributed by atoms with E-state index in [2.05, 4.69) is 5.10 Å². The molecule has 0 radical (unpaired) electrons. The Balaban J connectivity index is 2.63. The summed E-state index contributed by atoms with van der Waals surface area (Å²) >= 11 is 16.8. The molecular weight excluding hydrogens is 320 g/mol. The molecule has 0 spiro atoms. The van der Waals surface area contributed by atoms with E-state index < -0.39 is 11.7 Å². The molecule has 0 bridgehead atoms. The molecule has 0 amide bonds. The first-order valence-electron chi connectivity index (χ1n) is 5.03. The van der Waals surface area contributed by atoms with E-state index in [9.17, 15) is 13.2 Å². The first-order valence-corrected chi connectivity index (χ1v) is 6.19. The van der Waals surface area contributed by atoms with E-state index in [4.69, 9.17) is 35.4 Å². The molecule has 0 fully saturated rings. The fraction of sp³-hybridized carbons (Fsp3) is 0.182. The molecule has 0 aliphatic carbocycles. The molecule has 0 atom stereocenters. The largest absolute Gasteiger partial charge is 0.416 e. The second-order valence-corrected chi connectivity index (χ2v) is 5.11. The minimum atomic E-state index is -4.49. The van der Waals surface area contributed by atoms with Crippen LogP contribution in [0.3, 0.4) is 0 Å². The fourth-order valence-corrected chi connectivity index (χ4v) is 2.46. The Bertz CT molecular complexity index is 665. The van der Waals surface area contributed by atoms with Crippen LogP contribution in [0.25, 0.3) is 11.3 Å². The lowest BCUT2D eigenvalue weighted by atomic mass is 10.1. The third-order valence-corrected chi connectivity index (χ3v) is 3.51. The van der Waals surface area contributed by atoms with Crippen LogP contribution in [0.1, 0.15) is 5.56 Å². The van der Waals surface area contributed by atoms with E-state index >= 15 is 0 Å². The van der Waals surface area contributed by atoms with Gasteiger partial charge in [-0.2, -0.15) is 13.2 Å². The van der Waals surface area contributed by atoms with Crippen molar-refractivity contribution in [3.8, 4) is 11.3 Å². The minimum Gasteiger partial charge on any atom is -0.297 e. The van der Waals surface area contributed by atoms with E-state index in [0.717, 1.165) is 12.1 Å². The van der Waals surface area contributed by atoms with Crippen molar-refractivity contribution >= 4 is 35.4 Å². The Labute approximate surface area is 121 Å². The van der Waals surface area contributed by atoms with E-state index in [0.29, 0.717) is 15.9 Å². The van der Waals surface area contributed by atoms with Gasteiger partial charge in [-0.25, -0.2) is 0 Å². The highest BCUT2D eigenvalue weighted by atomic mass is 35.5. The zero-order valence-corrected chi connectivity index (χ0v) is 11.8. The van der Waals surface area contributed by atoms with Crippen molar-refractivity contribution in [3.05, 3.63) is 38.4 Å². The predicted molar refractivity (Wildman–Crippen MR) is 71.1 cm³/mol. The topological polar surface area (TPSA) is 20.7 Å². The highest BCUT2D eigenvalue weighted by molar-refractivity contribution is 7.71. The number of hydrogen-bond acceptors (Lipinski definition) is 1. The molecule has 0 aliphatic rings. The number of hydrogen-bond donors (Lipinski definition) is 1. The Morgan fingerprint density at radius 1 is 1.16 bits per heavy atom. The first kappa shape index (κ1) is 14.4. The van der Waals surface area contributed by atoms with Crippen molar-refractivity contribution in [2.24, 2.45) is 7.05 Å². The zero-order chi connectivity index (χ0) is 14.4. The molecule has 0 aliphatic heterocycles. The minimum absolute atomic E-state index is 0.0864. The number of aromatic nitrogens is 2. The van der Waals surface area contributed by atoms with Crippen LogP contribution in [0.4, 0.5) is 13.2 Å². The number of alkyl halides is 3. The lowest BCUT2D eigenvalue weighted by Gasteiger charge is -2.11. The monoisotopic (exact) mass is 326 g/mol. The lowest BCUT2D eigenvalue weighted by Crippen LogP contribution is -2.05. The van der Waals surface area contributed by atoms with Gasteiger partial charge in [-0.05, 0) is 12.1 Å². The van der Waals surface area contributed by atoms with Gasteiger partial charge in [0.25, 0.3) is 0 Å². The molecule has 0 saturated carbocycles. The third kappa shape index (κ3) is 2.80. The van der Waals surface area contributed by atoms with Crippen molar-refractivity contribution in [2.45, 2.75) is 6.18 Å². The fourth-order valence-electron chi connectivity index (χ4n) is 1.61. The van der Waals surface area contributed by atoms with Gasteiger partial charge >= 0.3 is 6.18 Å². The Kier molecular flexibility index (Phi) is 3.68. The van der Waals surface area contributed by atoms with Gasteiger partial charge in [0.2, 0.25) is 0 Å². The summed E-state index contributed by atoms with van der Waals surface area (Å²) in [5.41, 5.74) is -0.125. The van der Waals surface area contributed by atoms with Crippen molar-refractivity contribution in [2.75, 3.05) is 0 Å².